The topological polar surface area (TPSA) is 43.1 Å². The molecule has 3 nitrogen and oxygen atoms in total. The van der Waals surface area contributed by atoms with Crippen LogP contribution in [-0.4, -0.2) is 10.8 Å². The number of benzene rings is 1. The Morgan fingerprint density at radius 3 is 2.71 bits per heavy atom. The minimum absolute atomic E-state index is 0.0844. The molecule has 0 aliphatic heterocycles. The highest BCUT2D eigenvalue weighted by molar-refractivity contribution is 7.13. The van der Waals surface area contributed by atoms with Gasteiger partial charge in [0.15, 0.2) is 16.6 Å². The predicted octanol–water partition coefficient (Wildman–Crippen LogP) is 4.39. The van der Waals surface area contributed by atoms with E-state index in [4.69, 9.17) is 4.42 Å². The first-order valence-electron chi connectivity index (χ1n) is 6.88. The Balaban J connectivity index is 1.75. The molecule has 21 heavy (non-hydrogen) atoms. The molecule has 0 bridgehead atoms. The first kappa shape index (κ1) is 13.8. The van der Waals surface area contributed by atoms with Crippen molar-refractivity contribution >= 4 is 17.1 Å². The number of aryl methyl sites for hydroxylation is 1. The maximum absolute atomic E-state index is 12.2. The Kier molecular flexibility index (Phi) is 3.97. The van der Waals surface area contributed by atoms with Crippen LogP contribution in [0.3, 0.4) is 0 Å². The molecule has 2 heterocycles. The average Bonchev–Trinajstić information content (AvgIpc) is 3.16. The number of carbonyl (C=O) groups is 1. The smallest absolute Gasteiger partial charge is 0.168 e. The van der Waals surface area contributed by atoms with Crippen LogP contribution in [0.5, 0.6) is 0 Å². The van der Waals surface area contributed by atoms with Gasteiger partial charge in [-0.3, -0.25) is 4.79 Å². The summed E-state index contributed by atoms with van der Waals surface area (Å²) in [5.74, 6) is 1.80. The van der Waals surface area contributed by atoms with E-state index in [1.54, 1.807) is 0 Å². The molecule has 0 aliphatic rings. The van der Waals surface area contributed by atoms with Crippen molar-refractivity contribution in [2.45, 2.75) is 19.8 Å². The van der Waals surface area contributed by atoms with Crippen LogP contribution in [0.25, 0.3) is 10.8 Å². The van der Waals surface area contributed by atoms with E-state index in [1.165, 1.54) is 11.3 Å². The van der Waals surface area contributed by atoms with Crippen molar-refractivity contribution < 1.29 is 9.21 Å². The van der Waals surface area contributed by atoms with Crippen LogP contribution in [0.4, 0.5) is 0 Å². The lowest BCUT2D eigenvalue weighted by molar-refractivity contribution is 0.0992. The third-order valence-corrected chi connectivity index (χ3v) is 4.12. The fraction of sp³-hybridized carbons (Fsp3) is 0.176. The maximum atomic E-state index is 12.2. The minimum atomic E-state index is 0.0844. The molecule has 0 amide bonds. The van der Waals surface area contributed by atoms with Crippen molar-refractivity contribution in [3.8, 4) is 10.8 Å². The third-order valence-electron chi connectivity index (χ3n) is 3.21. The summed E-state index contributed by atoms with van der Waals surface area (Å²) in [4.78, 5) is 16.6. The van der Waals surface area contributed by atoms with Crippen LogP contribution in [0.1, 0.15) is 28.7 Å². The second-order valence-corrected chi connectivity index (χ2v) is 5.59. The average molecular weight is 297 g/mol. The summed E-state index contributed by atoms with van der Waals surface area (Å²) in [5, 5.41) is 2.75. The van der Waals surface area contributed by atoms with E-state index in [0.717, 1.165) is 34.2 Å². The minimum Gasteiger partial charge on any atom is -0.459 e. The quantitative estimate of drug-likeness (QED) is 0.656. The van der Waals surface area contributed by atoms with Gasteiger partial charge in [0.25, 0.3) is 0 Å². The summed E-state index contributed by atoms with van der Waals surface area (Å²) >= 11 is 1.51. The van der Waals surface area contributed by atoms with E-state index < -0.39 is 0 Å². The van der Waals surface area contributed by atoms with E-state index in [9.17, 15) is 4.79 Å². The van der Waals surface area contributed by atoms with Gasteiger partial charge in [0.2, 0.25) is 0 Å². The van der Waals surface area contributed by atoms with Crippen LogP contribution < -0.4 is 0 Å². The van der Waals surface area contributed by atoms with Crippen LogP contribution in [0.2, 0.25) is 0 Å². The zero-order chi connectivity index (χ0) is 14.7. The van der Waals surface area contributed by atoms with Crippen LogP contribution in [0.15, 0.2) is 52.3 Å². The Hall–Kier alpha value is -2.20. The van der Waals surface area contributed by atoms with E-state index in [2.05, 4.69) is 11.9 Å². The van der Waals surface area contributed by atoms with Crippen LogP contribution in [-0.2, 0) is 12.8 Å². The summed E-state index contributed by atoms with van der Waals surface area (Å²) in [7, 11) is 0. The van der Waals surface area contributed by atoms with Gasteiger partial charge in [-0.2, -0.15) is 0 Å². The van der Waals surface area contributed by atoms with Gasteiger partial charge in [-0.25, -0.2) is 4.98 Å². The Bertz CT molecular complexity index is 743. The molecule has 0 radical (unpaired) electrons. The fourth-order valence-corrected chi connectivity index (χ4v) is 2.85. The summed E-state index contributed by atoms with van der Waals surface area (Å²) < 4.78 is 5.68. The summed E-state index contributed by atoms with van der Waals surface area (Å²) in [6, 6.07) is 13.2. The molecule has 0 fully saturated rings. The van der Waals surface area contributed by atoms with Crippen molar-refractivity contribution in [2.24, 2.45) is 0 Å². The SMILES string of the molecule is CCc1ccc(-c2nc(CC(=O)c3ccccc3)cs2)o1. The van der Waals surface area contributed by atoms with Gasteiger partial charge in [0.05, 0.1) is 12.1 Å². The van der Waals surface area contributed by atoms with Gasteiger partial charge in [-0.15, -0.1) is 11.3 Å². The number of nitrogens with zero attached hydrogens (tertiary/aromatic N) is 1. The molecule has 106 valence electrons. The molecule has 0 saturated carbocycles. The van der Waals surface area contributed by atoms with E-state index in [0.29, 0.717) is 6.42 Å². The first-order valence-corrected chi connectivity index (χ1v) is 7.76. The lowest BCUT2D eigenvalue weighted by Gasteiger charge is -1.97. The molecular weight excluding hydrogens is 282 g/mol. The number of hydrogen-bond acceptors (Lipinski definition) is 4. The zero-order valence-electron chi connectivity index (χ0n) is 11.7. The van der Waals surface area contributed by atoms with Gasteiger partial charge in [0, 0.05) is 17.4 Å². The van der Waals surface area contributed by atoms with Gasteiger partial charge in [0.1, 0.15) is 5.76 Å². The molecule has 0 atom stereocenters. The second-order valence-electron chi connectivity index (χ2n) is 4.73. The summed E-state index contributed by atoms with van der Waals surface area (Å²) in [5.41, 5.74) is 1.51. The van der Waals surface area contributed by atoms with E-state index in [1.807, 2.05) is 47.8 Å². The molecule has 1 aromatic carbocycles. The highest BCUT2D eigenvalue weighted by Crippen LogP contribution is 2.26. The molecule has 0 aliphatic carbocycles. The normalized spacial score (nSPS) is 10.7. The second kappa shape index (κ2) is 6.06. The molecule has 4 heteroatoms. The summed E-state index contributed by atoms with van der Waals surface area (Å²) in [6.07, 6.45) is 1.19. The number of aromatic nitrogens is 1. The van der Waals surface area contributed by atoms with E-state index >= 15 is 0 Å². The largest absolute Gasteiger partial charge is 0.459 e. The van der Waals surface area contributed by atoms with Gasteiger partial charge in [-0.1, -0.05) is 37.3 Å². The van der Waals surface area contributed by atoms with Crippen molar-refractivity contribution in [3.05, 3.63) is 64.9 Å². The van der Waals surface area contributed by atoms with E-state index in [-0.39, 0.29) is 5.78 Å². The third kappa shape index (κ3) is 3.11. The molecule has 0 unspecified atom stereocenters. The van der Waals surface area contributed by atoms with Crippen molar-refractivity contribution in [3.63, 3.8) is 0 Å². The molecule has 3 rings (SSSR count). The lowest BCUT2D eigenvalue weighted by Crippen LogP contribution is -2.03. The van der Waals surface area contributed by atoms with Gasteiger partial charge < -0.3 is 4.42 Å². The molecule has 0 spiro atoms. The monoisotopic (exact) mass is 297 g/mol. The maximum Gasteiger partial charge on any atom is 0.168 e. The molecule has 0 saturated heterocycles. The van der Waals surface area contributed by atoms with Crippen molar-refractivity contribution in [1.82, 2.24) is 4.98 Å². The van der Waals surface area contributed by atoms with Crippen molar-refractivity contribution in [2.75, 3.05) is 0 Å². The number of Topliss-reactive ketones (excluding diaryl/α,β-unsaturated/α-hetero) is 1. The highest BCUT2D eigenvalue weighted by Gasteiger charge is 2.12. The molecule has 2 aromatic heterocycles. The predicted molar refractivity (Wildman–Crippen MR) is 83.7 cm³/mol. The standard InChI is InChI=1S/C17H15NO2S/c1-2-14-8-9-16(20-14)17-18-13(11-21-17)10-15(19)12-6-4-3-5-7-12/h3-9,11H,2,10H2,1H3. The Labute approximate surface area is 127 Å². The molecule has 0 N–H and O–H groups in total. The number of rotatable bonds is 5. The zero-order valence-corrected chi connectivity index (χ0v) is 12.5. The highest BCUT2D eigenvalue weighted by atomic mass is 32.1. The number of carbonyl (C=O) groups excluding carboxylic acids is 1. The Morgan fingerprint density at radius 1 is 1.19 bits per heavy atom. The molecular formula is C17H15NO2S. The number of hydrogen-bond donors (Lipinski definition) is 0. The number of furan rings is 1. The summed E-state index contributed by atoms with van der Waals surface area (Å²) in [6.45, 7) is 2.05. The Morgan fingerprint density at radius 2 is 2.00 bits per heavy atom. The van der Waals surface area contributed by atoms with Crippen LogP contribution in [0, 0.1) is 0 Å². The van der Waals surface area contributed by atoms with Gasteiger partial charge >= 0.3 is 0 Å². The van der Waals surface area contributed by atoms with Gasteiger partial charge in [-0.05, 0) is 12.1 Å². The number of thiazole rings is 1. The fourth-order valence-electron chi connectivity index (χ4n) is 2.07. The lowest BCUT2D eigenvalue weighted by atomic mass is 10.1. The first-order chi connectivity index (χ1) is 10.3. The molecule has 3 aromatic rings. The van der Waals surface area contributed by atoms with Crippen LogP contribution >= 0.6 is 11.3 Å². The van der Waals surface area contributed by atoms with Crippen molar-refractivity contribution in [1.29, 1.82) is 0 Å². The number of ketones is 1.